The number of hydrogen-bond donors (Lipinski definition) is 1. The van der Waals surface area contributed by atoms with Gasteiger partial charge < -0.3 is 9.51 Å². The lowest BCUT2D eigenvalue weighted by Crippen LogP contribution is -2.51. The second-order valence-corrected chi connectivity index (χ2v) is 8.32. The van der Waals surface area contributed by atoms with Crippen molar-refractivity contribution in [3.05, 3.63) is 65.2 Å². The van der Waals surface area contributed by atoms with Crippen LogP contribution in [0, 0.1) is 12.7 Å². The number of benzene rings is 1. The Kier molecular flexibility index (Phi) is 6.45. The molecule has 0 saturated carbocycles. The predicted molar refractivity (Wildman–Crippen MR) is 117 cm³/mol. The molecule has 0 radical (unpaired) electrons. The highest BCUT2D eigenvalue weighted by Crippen LogP contribution is 2.34. The molecular formula is C24H25F4N3O2. The summed E-state index contributed by atoms with van der Waals surface area (Å²) in [6, 6.07) is 9.22. The number of hydrogen-bond acceptors (Lipinski definition) is 3. The highest BCUT2D eigenvalue weighted by atomic mass is 19.3. The van der Waals surface area contributed by atoms with Gasteiger partial charge in [0.25, 0.3) is 6.43 Å². The van der Waals surface area contributed by atoms with Gasteiger partial charge in [0.05, 0.1) is 11.1 Å². The zero-order chi connectivity index (χ0) is 23.9. The molecule has 1 N–H and O–H groups in total. The minimum Gasteiger partial charge on any atom is -0.478 e. The molecule has 3 aromatic rings. The van der Waals surface area contributed by atoms with E-state index in [1.165, 1.54) is 12.1 Å². The van der Waals surface area contributed by atoms with Crippen LogP contribution in [-0.4, -0.2) is 64.2 Å². The fraction of sp³-hybridized carbons (Fsp3) is 0.375. The van der Waals surface area contributed by atoms with Crippen molar-refractivity contribution in [2.45, 2.75) is 32.6 Å². The van der Waals surface area contributed by atoms with Crippen LogP contribution in [0.25, 0.3) is 16.6 Å². The topological polar surface area (TPSA) is 48.2 Å². The molecule has 5 nitrogen and oxygen atoms in total. The number of halogens is 4. The molecule has 2 aromatic heterocycles. The lowest BCUT2D eigenvalue weighted by molar-refractivity contribution is -0.0688. The predicted octanol–water partition coefficient (Wildman–Crippen LogP) is 4.99. The Labute approximate surface area is 188 Å². The number of carbonyl (C=O) groups is 1. The van der Waals surface area contributed by atoms with Crippen molar-refractivity contribution in [3.63, 3.8) is 0 Å². The Morgan fingerprint density at radius 3 is 2.18 bits per heavy atom. The van der Waals surface area contributed by atoms with Crippen LogP contribution in [0.4, 0.5) is 17.6 Å². The Hall–Kier alpha value is -2.91. The van der Waals surface area contributed by atoms with E-state index in [1.807, 2.05) is 28.5 Å². The van der Waals surface area contributed by atoms with E-state index in [-0.39, 0.29) is 30.5 Å². The number of rotatable bonds is 6. The lowest BCUT2D eigenvalue weighted by atomic mass is 9.99. The summed E-state index contributed by atoms with van der Waals surface area (Å²) in [6.45, 7) is 4.74. The summed E-state index contributed by atoms with van der Waals surface area (Å²) < 4.78 is 54.5. The van der Waals surface area contributed by atoms with E-state index in [4.69, 9.17) is 0 Å². The monoisotopic (exact) mass is 463 g/mol. The smallest absolute Gasteiger partial charge is 0.336 e. The van der Waals surface area contributed by atoms with Gasteiger partial charge in [-0.05, 0) is 49.2 Å². The van der Waals surface area contributed by atoms with Crippen molar-refractivity contribution in [2.75, 3.05) is 26.2 Å². The maximum absolute atomic E-state index is 13.7. The molecule has 1 fully saturated rings. The highest BCUT2D eigenvalue weighted by molar-refractivity contribution is 5.94. The third-order valence-electron chi connectivity index (χ3n) is 6.49. The first-order valence-electron chi connectivity index (χ1n) is 10.7. The quantitative estimate of drug-likeness (QED) is 0.413. The molecule has 0 spiro atoms. The number of pyridine rings is 1. The van der Waals surface area contributed by atoms with Crippen LogP contribution in [0.5, 0.6) is 0 Å². The van der Waals surface area contributed by atoms with Gasteiger partial charge in [0.2, 0.25) is 6.30 Å². The van der Waals surface area contributed by atoms with Gasteiger partial charge in [-0.1, -0.05) is 12.1 Å². The van der Waals surface area contributed by atoms with Crippen molar-refractivity contribution in [1.29, 1.82) is 0 Å². The second kappa shape index (κ2) is 9.15. The lowest BCUT2D eigenvalue weighted by Gasteiger charge is -2.39. The molecule has 9 heteroatoms. The van der Waals surface area contributed by atoms with E-state index >= 15 is 0 Å². The highest BCUT2D eigenvalue weighted by Gasteiger charge is 2.32. The molecular weight excluding hydrogens is 438 g/mol. The molecule has 3 heterocycles. The van der Waals surface area contributed by atoms with Gasteiger partial charge in [0.1, 0.15) is 5.82 Å². The van der Waals surface area contributed by atoms with E-state index in [9.17, 15) is 27.5 Å². The molecule has 1 aliphatic heterocycles. The molecule has 1 saturated heterocycles. The van der Waals surface area contributed by atoms with Crippen LogP contribution < -0.4 is 0 Å². The maximum Gasteiger partial charge on any atom is 0.336 e. The van der Waals surface area contributed by atoms with Crippen LogP contribution in [0.1, 0.15) is 34.6 Å². The first-order chi connectivity index (χ1) is 15.7. The van der Waals surface area contributed by atoms with Crippen LogP contribution >= 0.6 is 0 Å². The minimum atomic E-state index is -3.05. The maximum atomic E-state index is 13.7. The Morgan fingerprint density at radius 2 is 1.61 bits per heavy atom. The molecule has 1 aromatic carbocycles. The fourth-order valence-electron chi connectivity index (χ4n) is 4.68. The molecule has 176 valence electrons. The van der Waals surface area contributed by atoms with E-state index in [2.05, 4.69) is 0 Å². The summed E-state index contributed by atoms with van der Waals surface area (Å²) in [6.07, 6.45) is -3.48. The summed E-state index contributed by atoms with van der Waals surface area (Å²) in [7, 11) is 0. The molecule has 0 bridgehead atoms. The molecule has 33 heavy (non-hydrogen) atoms. The molecule has 0 aliphatic carbocycles. The van der Waals surface area contributed by atoms with Crippen LogP contribution in [0.15, 0.2) is 42.6 Å². The zero-order valence-electron chi connectivity index (χ0n) is 18.3. The molecule has 0 amide bonds. The standard InChI is InChI=1S/C24H25F4N3O2/c1-14-19(24(32)33)13-20-18(16-3-5-17(25)6-4-16)7-8-31(20)21(14)15(2)29-9-11-30(12-10-29)23(28)22(26)27/h3-8,13,15,22-23H,9-12H2,1-2H3,(H,32,33). The van der Waals surface area contributed by atoms with Crippen molar-refractivity contribution < 1.29 is 27.5 Å². The molecule has 2 unspecified atom stereocenters. The van der Waals surface area contributed by atoms with Gasteiger partial charge in [-0.3, -0.25) is 9.80 Å². The van der Waals surface area contributed by atoms with Crippen molar-refractivity contribution in [1.82, 2.24) is 14.2 Å². The summed E-state index contributed by atoms with van der Waals surface area (Å²) in [5.41, 5.74) is 3.72. The third kappa shape index (κ3) is 4.35. The van der Waals surface area contributed by atoms with Gasteiger partial charge in [-0.2, -0.15) is 0 Å². The summed E-state index contributed by atoms with van der Waals surface area (Å²) in [5.74, 6) is -1.42. The summed E-state index contributed by atoms with van der Waals surface area (Å²) in [5, 5.41) is 9.83. The first kappa shape index (κ1) is 23.3. The Morgan fingerprint density at radius 1 is 1.00 bits per heavy atom. The number of fused-ring (bicyclic) bond motifs is 1. The fourth-order valence-corrected chi connectivity index (χ4v) is 4.68. The Balaban J connectivity index is 1.73. The van der Waals surface area contributed by atoms with E-state index in [0.717, 1.165) is 21.7 Å². The molecule has 2 atom stereocenters. The summed E-state index contributed by atoms with van der Waals surface area (Å²) in [4.78, 5) is 15.2. The van der Waals surface area contributed by atoms with Crippen molar-refractivity contribution in [2.24, 2.45) is 0 Å². The van der Waals surface area contributed by atoms with E-state index in [0.29, 0.717) is 24.2 Å². The van der Waals surface area contributed by atoms with Crippen LogP contribution in [-0.2, 0) is 0 Å². The van der Waals surface area contributed by atoms with Crippen molar-refractivity contribution in [3.8, 4) is 11.1 Å². The number of nitrogens with zero attached hydrogens (tertiary/aromatic N) is 3. The normalized spacial score (nSPS) is 17.5. The van der Waals surface area contributed by atoms with Gasteiger partial charge in [0, 0.05) is 49.7 Å². The molecule has 4 rings (SSSR count). The van der Waals surface area contributed by atoms with Gasteiger partial charge in [0.15, 0.2) is 0 Å². The number of aromatic nitrogens is 1. The average Bonchev–Trinajstić information content (AvgIpc) is 3.21. The summed E-state index contributed by atoms with van der Waals surface area (Å²) >= 11 is 0. The van der Waals surface area contributed by atoms with Crippen LogP contribution in [0.3, 0.4) is 0 Å². The number of piperazine rings is 1. The molecule has 1 aliphatic rings. The van der Waals surface area contributed by atoms with Crippen LogP contribution in [0.2, 0.25) is 0 Å². The van der Waals surface area contributed by atoms with Gasteiger partial charge in [-0.25, -0.2) is 22.4 Å². The van der Waals surface area contributed by atoms with Crippen molar-refractivity contribution >= 4 is 11.5 Å². The number of carboxylic acid groups (broad SMARTS) is 1. The van der Waals surface area contributed by atoms with Gasteiger partial charge in [-0.15, -0.1) is 0 Å². The minimum absolute atomic E-state index is 0.156. The third-order valence-corrected chi connectivity index (χ3v) is 6.49. The largest absolute Gasteiger partial charge is 0.478 e. The number of alkyl halides is 3. The Bertz CT molecular complexity index is 1150. The van der Waals surface area contributed by atoms with E-state index in [1.54, 1.807) is 25.1 Å². The SMILES string of the molecule is Cc1c(C(=O)O)cc2c(-c3ccc(F)cc3)ccn2c1C(C)N1CCN(C(F)C(F)F)CC1. The number of aromatic carboxylic acids is 1. The van der Waals surface area contributed by atoms with Gasteiger partial charge >= 0.3 is 5.97 Å². The number of carboxylic acids is 1. The van der Waals surface area contributed by atoms with E-state index < -0.39 is 18.7 Å². The second-order valence-electron chi connectivity index (χ2n) is 8.32. The first-order valence-corrected chi connectivity index (χ1v) is 10.7. The average molecular weight is 463 g/mol. The zero-order valence-corrected chi connectivity index (χ0v) is 18.3.